The minimum atomic E-state index is -0.142. The molecule has 4 heteroatoms. The lowest BCUT2D eigenvalue weighted by Gasteiger charge is -2.33. The Morgan fingerprint density at radius 1 is 1.09 bits per heavy atom. The molecule has 120 valence electrons. The smallest absolute Gasteiger partial charge is 0.219 e. The third-order valence-corrected chi connectivity index (χ3v) is 4.29. The second-order valence-electron chi connectivity index (χ2n) is 5.98. The topological polar surface area (TPSA) is 23.6 Å². The summed E-state index contributed by atoms with van der Waals surface area (Å²) in [5, 5.41) is 2.27. The molecule has 0 atom stereocenters. The normalized spacial score (nSPS) is 16.8. The van der Waals surface area contributed by atoms with Gasteiger partial charge in [-0.2, -0.15) is 0 Å². The molecule has 3 nitrogen and oxygen atoms in total. The Bertz CT molecular complexity index is 733. The van der Waals surface area contributed by atoms with Crippen molar-refractivity contribution in [3.05, 3.63) is 53.9 Å². The Kier molecular flexibility index (Phi) is 4.72. The van der Waals surface area contributed by atoms with E-state index in [0.29, 0.717) is 19.6 Å². The minimum Gasteiger partial charge on any atom is -0.340 e. The Morgan fingerprint density at radius 2 is 1.78 bits per heavy atom. The van der Waals surface area contributed by atoms with Gasteiger partial charge in [-0.25, -0.2) is 4.39 Å². The molecular formula is C19H21FN2O. The van der Waals surface area contributed by atoms with Crippen LogP contribution in [0.25, 0.3) is 16.8 Å². The molecule has 3 rings (SSSR count). The van der Waals surface area contributed by atoms with Crippen molar-refractivity contribution in [1.82, 2.24) is 9.80 Å². The van der Waals surface area contributed by atoms with Gasteiger partial charge in [0.15, 0.2) is 0 Å². The zero-order chi connectivity index (χ0) is 16.2. The average Bonchev–Trinajstić information content (AvgIpc) is 2.55. The highest BCUT2D eigenvalue weighted by atomic mass is 19.1. The van der Waals surface area contributed by atoms with E-state index in [4.69, 9.17) is 0 Å². The van der Waals surface area contributed by atoms with Gasteiger partial charge < -0.3 is 4.90 Å². The molecule has 0 radical (unpaired) electrons. The van der Waals surface area contributed by atoms with Gasteiger partial charge >= 0.3 is 0 Å². The summed E-state index contributed by atoms with van der Waals surface area (Å²) < 4.78 is 14.3. The van der Waals surface area contributed by atoms with Crippen LogP contribution in [0, 0.1) is 0 Å². The molecule has 0 spiro atoms. The number of piperazine rings is 1. The number of rotatable bonds is 3. The Balaban J connectivity index is 1.64. The number of halogens is 1. The summed E-state index contributed by atoms with van der Waals surface area (Å²) >= 11 is 0. The third kappa shape index (κ3) is 3.96. The molecule has 1 amide bonds. The summed E-state index contributed by atoms with van der Waals surface area (Å²) in [6, 6.07) is 14.0. The van der Waals surface area contributed by atoms with Crippen LogP contribution in [-0.2, 0) is 4.79 Å². The van der Waals surface area contributed by atoms with E-state index in [0.717, 1.165) is 29.4 Å². The molecule has 0 unspecified atom stereocenters. The van der Waals surface area contributed by atoms with Gasteiger partial charge in [-0.1, -0.05) is 36.4 Å². The second kappa shape index (κ2) is 6.92. The van der Waals surface area contributed by atoms with Crippen LogP contribution in [0.15, 0.2) is 48.3 Å². The summed E-state index contributed by atoms with van der Waals surface area (Å²) in [7, 11) is 0. The van der Waals surface area contributed by atoms with Gasteiger partial charge in [-0.05, 0) is 28.5 Å². The predicted octanol–water partition coefficient (Wildman–Crippen LogP) is 3.31. The van der Waals surface area contributed by atoms with Crippen molar-refractivity contribution in [2.45, 2.75) is 6.92 Å². The van der Waals surface area contributed by atoms with Gasteiger partial charge in [0.1, 0.15) is 5.83 Å². The molecule has 0 aromatic heterocycles. The van der Waals surface area contributed by atoms with Gasteiger partial charge in [0.05, 0.1) is 6.54 Å². The first-order chi connectivity index (χ1) is 11.1. The summed E-state index contributed by atoms with van der Waals surface area (Å²) in [5.74, 6) is -0.0478. The highest BCUT2D eigenvalue weighted by Crippen LogP contribution is 2.18. The fourth-order valence-corrected chi connectivity index (χ4v) is 2.96. The molecule has 1 aliphatic rings. The number of amides is 1. The van der Waals surface area contributed by atoms with E-state index >= 15 is 0 Å². The first-order valence-corrected chi connectivity index (χ1v) is 7.94. The van der Waals surface area contributed by atoms with E-state index in [-0.39, 0.29) is 11.7 Å². The summed E-state index contributed by atoms with van der Waals surface area (Å²) in [6.07, 6.45) is 1.60. The first-order valence-electron chi connectivity index (χ1n) is 7.94. The van der Waals surface area contributed by atoms with Crippen molar-refractivity contribution in [2.75, 3.05) is 32.7 Å². The van der Waals surface area contributed by atoms with Crippen LogP contribution in [0.3, 0.4) is 0 Å². The molecule has 1 fully saturated rings. The lowest BCUT2D eigenvalue weighted by molar-refractivity contribution is -0.130. The SMILES string of the molecule is CC(=O)N1CCN(C/C(F)=C/c2ccc3ccccc3c2)CC1. The average molecular weight is 312 g/mol. The maximum atomic E-state index is 14.3. The zero-order valence-electron chi connectivity index (χ0n) is 13.3. The van der Waals surface area contributed by atoms with Crippen LogP contribution in [0.1, 0.15) is 12.5 Å². The molecule has 0 N–H and O–H groups in total. The maximum absolute atomic E-state index is 14.3. The van der Waals surface area contributed by atoms with Gasteiger partial charge in [-0.3, -0.25) is 9.69 Å². The van der Waals surface area contributed by atoms with Crippen LogP contribution in [-0.4, -0.2) is 48.4 Å². The van der Waals surface area contributed by atoms with Crippen LogP contribution in [0.2, 0.25) is 0 Å². The molecular weight excluding hydrogens is 291 g/mol. The number of nitrogens with zero attached hydrogens (tertiary/aromatic N) is 2. The van der Waals surface area contributed by atoms with E-state index in [1.807, 2.05) is 47.4 Å². The zero-order valence-corrected chi connectivity index (χ0v) is 13.3. The van der Waals surface area contributed by atoms with E-state index < -0.39 is 0 Å². The van der Waals surface area contributed by atoms with Crippen molar-refractivity contribution >= 4 is 22.8 Å². The number of hydrogen-bond donors (Lipinski definition) is 0. The van der Waals surface area contributed by atoms with Gasteiger partial charge in [-0.15, -0.1) is 0 Å². The molecule has 23 heavy (non-hydrogen) atoms. The fourth-order valence-electron chi connectivity index (χ4n) is 2.96. The van der Waals surface area contributed by atoms with Crippen molar-refractivity contribution in [3.63, 3.8) is 0 Å². The molecule has 1 heterocycles. The lowest BCUT2D eigenvalue weighted by Crippen LogP contribution is -2.48. The fraction of sp³-hybridized carbons (Fsp3) is 0.316. The van der Waals surface area contributed by atoms with Gasteiger partial charge in [0, 0.05) is 33.1 Å². The molecule has 0 bridgehead atoms. The summed E-state index contributed by atoms with van der Waals surface area (Å²) in [5.41, 5.74) is 0.878. The van der Waals surface area contributed by atoms with Crippen molar-refractivity contribution in [1.29, 1.82) is 0 Å². The number of carbonyl (C=O) groups excluding carboxylic acids is 1. The highest BCUT2D eigenvalue weighted by molar-refractivity contribution is 5.84. The standard InChI is InChI=1S/C19H21FN2O/c1-15(23)22-10-8-21(9-11-22)14-19(20)13-16-6-7-17-4-2-3-5-18(17)12-16/h2-7,12-13H,8-11,14H2,1H3/b19-13-. The molecule has 2 aromatic carbocycles. The van der Waals surface area contributed by atoms with E-state index in [9.17, 15) is 9.18 Å². The van der Waals surface area contributed by atoms with Gasteiger partial charge in [0.2, 0.25) is 5.91 Å². The van der Waals surface area contributed by atoms with E-state index in [2.05, 4.69) is 0 Å². The Hall–Kier alpha value is -2.20. The van der Waals surface area contributed by atoms with Crippen LogP contribution in [0.4, 0.5) is 4.39 Å². The largest absolute Gasteiger partial charge is 0.340 e. The lowest BCUT2D eigenvalue weighted by atomic mass is 10.1. The Morgan fingerprint density at radius 3 is 2.48 bits per heavy atom. The molecule has 1 aliphatic heterocycles. The van der Waals surface area contributed by atoms with Crippen LogP contribution >= 0.6 is 0 Å². The number of carbonyl (C=O) groups is 1. The number of benzene rings is 2. The quantitative estimate of drug-likeness (QED) is 0.868. The van der Waals surface area contributed by atoms with E-state index in [1.54, 1.807) is 17.9 Å². The van der Waals surface area contributed by atoms with E-state index in [1.165, 1.54) is 0 Å². The highest BCUT2D eigenvalue weighted by Gasteiger charge is 2.19. The predicted molar refractivity (Wildman–Crippen MR) is 91.7 cm³/mol. The molecule has 1 saturated heterocycles. The molecule has 2 aromatic rings. The molecule has 0 saturated carbocycles. The second-order valence-corrected chi connectivity index (χ2v) is 5.98. The minimum absolute atomic E-state index is 0.0943. The van der Waals surface area contributed by atoms with Crippen molar-refractivity contribution < 1.29 is 9.18 Å². The Labute approximate surface area is 136 Å². The van der Waals surface area contributed by atoms with Crippen LogP contribution in [0.5, 0.6) is 0 Å². The third-order valence-electron chi connectivity index (χ3n) is 4.29. The monoisotopic (exact) mass is 312 g/mol. The summed E-state index contributed by atoms with van der Waals surface area (Å²) in [6.45, 7) is 4.68. The van der Waals surface area contributed by atoms with Crippen molar-refractivity contribution in [2.24, 2.45) is 0 Å². The van der Waals surface area contributed by atoms with Crippen molar-refractivity contribution in [3.8, 4) is 0 Å². The number of hydrogen-bond acceptors (Lipinski definition) is 2. The van der Waals surface area contributed by atoms with Crippen LogP contribution < -0.4 is 0 Å². The summed E-state index contributed by atoms with van der Waals surface area (Å²) in [4.78, 5) is 15.2. The first kappa shape index (κ1) is 15.7. The maximum Gasteiger partial charge on any atom is 0.219 e. The van der Waals surface area contributed by atoms with Gasteiger partial charge in [0.25, 0.3) is 0 Å². The number of fused-ring (bicyclic) bond motifs is 1. The molecule has 0 aliphatic carbocycles.